The first-order valence-electron chi connectivity index (χ1n) is 19.0. The van der Waals surface area contributed by atoms with Crippen LogP contribution < -0.4 is 20.9 Å². The molecule has 9 nitrogen and oxygen atoms in total. The van der Waals surface area contributed by atoms with Crippen LogP contribution in [0.2, 0.25) is 5.15 Å². The Morgan fingerprint density at radius 2 is 1.24 bits per heavy atom. The van der Waals surface area contributed by atoms with Crippen molar-refractivity contribution >= 4 is 57.6 Å². The normalized spacial score (nSPS) is 12.4. The summed E-state index contributed by atoms with van der Waals surface area (Å²) in [4.78, 5) is 19.8. The summed E-state index contributed by atoms with van der Waals surface area (Å²) in [6.07, 6.45) is 23.7. The molecule has 0 unspecified atom stereocenters. The zero-order valence-electron chi connectivity index (χ0n) is 31.9. The van der Waals surface area contributed by atoms with Crippen LogP contribution in [0.25, 0.3) is 46.0 Å². The lowest BCUT2D eigenvalue weighted by Gasteiger charge is -2.14. The molecule has 8 aromatic rings. The quantitative estimate of drug-likeness (QED) is 0.0928. The molecule has 0 aliphatic rings. The van der Waals surface area contributed by atoms with Crippen molar-refractivity contribution in [2.45, 2.75) is 24.9 Å². The number of aromatic amines is 1. The van der Waals surface area contributed by atoms with E-state index in [0.29, 0.717) is 30.5 Å². The highest BCUT2D eigenvalue weighted by atomic mass is 35.5. The van der Waals surface area contributed by atoms with Crippen molar-refractivity contribution in [3.63, 3.8) is 0 Å². The molecule has 290 valence electrons. The number of ether oxygens (including phenoxy) is 2. The molecule has 0 spiro atoms. The standard InChI is InChI=1S/C25H23N3O.C23H21ClN4O/c26-24(14-20-7-8-22-3-1-2-4-23(22)13-20)18-29-25-15-21(16-28-17-25)6-5-19-9-11-27-12-10-19;24-23-22(11-17(13-28-23)6-5-16-7-9-26-10-8-16)29-15-19(25)12-18-14-27-21-4-2-1-3-20(18)21/h1-13,15-17,24H,14,18,26H2;1-11,13-14,19,27H,12,15,25H2/b2*6-5+/t24-;19-/m00/s1. The zero-order valence-corrected chi connectivity index (χ0v) is 32.6. The zero-order chi connectivity index (χ0) is 39.9. The molecule has 5 aromatic heterocycles. The summed E-state index contributed by atoms with van der Waals surface area (Å²) in [7, 11) is 0. The molecule has 0 radical (unpaired) electrons. The second-order valence-corrected chi connectivity index (χ2v) is 14.2. The van der Waals surface area contributed by atoms with E-state index >= 15 is 0 Å². The number of H-pyrrole nitrogens is 1. The fourth-order valence-corrected chi connectivity index (χ4v) is 6.50. The van der Waals surface area contributed by atoms with Crippen molar-refractivity contribution in [1.29, 1.82) is 0 Å². The fraction of sp³-hybridized carbons (Fsp3) is 0.125. The number of hydrogen-bond donors (Lipinski definition) is 3. The van der Waals surface area contributed by atoms with E-state index in [1.54, 1.807) is 43.4 Å². The summed E-state index contributed by atoms with van der Waals surface area (Å²) in [5, 5.41) is 3.98. The Morgan fingerprint density at radius 3 is 2.00 bits per heavy atom. The molecule has 0 aliphatic carbocycles. The molecule has 0 bridgehead atoms. The van der Waals surface area contributed by atoms with Gasteiger partial charge in [0.2, 0.25) is 0 Å². The van der Waals surface area contributed by atoms with Crippen molar-refractivity contribution in [2.24, 2.45) is 11.5 Å². The number of pyridine rings is 4. The van der Waals surface area contributed by atoms with Crippen LogP contribution in [0.1, 0.15) is 33.4 Å². The molecule has 0 amide bonds. The Hall–Kier alpha value is -6.65. The van der Waals surface area contributed by atoms with Crippen molar-refractivity contribution in [3.05, 3.63) is 191 Å². The molecular weight excluding hydrogens is 742 g/mol. The Balaban J connectivity index is 0.000000177. The first kappa shape index (κ1) is 39.6. The number of para-hydroxylation sites is 1. The van der Waals surface area contributed by atoms with Gasteiger partial charge in [-0.25, -0.2) is 4.98 Å². The highest BCUT2D eigenvalue weighted by Gasteiger charge is 2.12. The third-order valence-corrected chi connectivity index (χ3v) is 9.58. The van der Waals surface area contributed by atoms with Crippen LogP contribution in [-0.4, -0.2) is 50.2 Å². The van der Waals surface area contributed by atoms with Gasteiger partial charge in [0.15, 0.2) is 10.9 Å². The largest absolute Gasteiger partial charge is 0.490 e. The molecule has 5 N–H and O–H groups in total. The number of fused-ring (bicyclic) bond motifs is 2. The van der Waals surface area contributed by atoms with Gasteiger partial charge in [-0.05, 0) is 99.5 Å². The van der Waals surface area contributed by atoms with Crippen LogP contribution >= 0.6 is 11.6 Å². The Morgan fingerprint density at radius 1 is 0.603 bits per heavy atom. The van der Waals surface area contributed by atoms with Gasteiger partial charge < -0.3 is 25.9 Å². The lowest BCUT2D eigenvalue weighted by atomic mass is 10.0. The number of rotatable bonds is 14. The summed E-state index contributed by atoms with van der Waals surface area (Å²) in [6.45, 7) is 0.782. The van der Waals surface area contributed by atoms with E-state index < -0.39 is 0 Å². The number of hydrogen-bond acceptors (Lipinski definition) is 8. The van der Waals surface area contributed by atoms with E-state index in [4.69, 9.17) is 32.5 Å². The molecule has 58 heavy (non-hydrogen) atoms. The van der Waals surface area contributed by atoms with E-state index in [2.05, 4.69) is 79.5 Å². The smallest absolute Gasteiger partial charge is 0.171 e. The monoisotopic (exact) mass is 785 g/mol. The number of nitrogens with zero attached hydrogens (tertiary/aromatic N) is 4. The maximum Gasteiger partial charge on any atom is 0.171 e. The van der Waals surface area contributed by atoms with Gasteiger partial charge in [-0.1, -0.05) is 96.6 Å². The van der Waals surface area contributed by atoms with E-state index in [0.717, 1.165) is 39.9 Å². The van der Waals surface area contributed by atoms with Gasteiger partial charge in [0, 0.05) is 66.4 Å². The van der Waals surface area contributed by atoms with E-state index in [1.807, 2.05) is 79.0 Å². The first-order chi connectivity index (χ1) is 28.4. The van der Waals surface area contributed by atoms with Gasteiger partial charge in [0.25, 0.3) is 0 Å². The van der Waals surface area contributed by atoms with Crippen LogP contribution in [-0.2, 0) is 12.8 Å². The highest BCUT2D eigenvalue weighted by Crippen LogP contribution is 2.25. The van der Waals surface area contributed by atoms with E-state index in [9.17, 15) is 0 Å². The van der Waals surface area contributed by atoms with Crippen LogP contribution in [0.4, 0.5) is 0 Å². The van der Waals surface area contributed by atoms with Gasteiger partial charge >= 0.3 is 0 Å². The van der Waals surface area contributed by atoms with Crippen molar-refractivity contribution < 1.29 is 9.47 Å². The lowest BCUT2D eigenvalue weighted by molar-refractivity contribution is 0.286. The number of nitrogens with two attached hydrogens (primary N) is 2. The first-order valence-corrected chi connectivity index (χ1v) is 19.4. The number of benzene rings is 3. The minimum Gasteiger partial charge on any atom is -0.490 e. The van der Waals surface area contributed by atoms with Gasteiger partial charge in [0.05, 0.1) is 6.20 Å². The van der Waals surface area contributed by atoms with Crippen LogP contribution in [0.5, 0.6) is 11.5 Å². The van der Waals surface area contributed by atoms with Crippen molar-refractivity contribution in [3.8, 4) is 11.5 Å². The number of nitrogens with one attached hydrogen (secondary N) is 1. The topological polar surface area (TPSA) is 138 Å². The van der Waals surface area contributed by atoms with E-state index in [1.165, 1.54) is 27.3 Å². The highest BCUT2D eigenvalue weighted by molar-refractivity contribution is 6.30. The SMILES string of the molecule is N[C@H](COc1cc(/C=C/c2ccncc2)cnc1Cl)Cc1c[nH]c2ccccc12.N[C@H](COc1cncc(/C=C/c2ccncc2)c1)Cc1ccc2ccccc2c1. The van der Waals surface area contributed by atoms with Crippen molar-refractivity contribution in [2.75, 3.05) is 13.2 Å². The molecule has 0 saturated carbocycles. The van der Waals surface area contributed by atoms with Crippen molar-refractivity contribution in [1.82, 2.24) is 24.9 Å². The average Bonchev–Trinajstić information content (AvgIpc) is 3.67. The summed E-state index contributed by atoms with van der Waals surface area (Å²) < 4.78 is 11.8. The number of halogens is 1. The molecule has 2 atom stereocenters. The van der Waals surface area contributed by atoms with Crippen LogP contribution in [0, 0.1) is 0 Å². The maximum absolute atomic E-state index is 6.31. The fourth-order valence-electron chi connectivity index (χ4n) is 6.34. The van der Waals surface area contributed by atoms with Crippen LogP contribution in [0.3, 0.4) is 0 Å². The molecule has 0 fully saturated rings. The summed E-state index contributed by atoms with van der Waals surface area (Å²) >= 11 is 6.20. The Labute approximate surface area is 343 Å². The van der Waals surface area contributed by atoms with Gasteiger partial charge in [0.1, 0.15) is 19.0 Å². The Bertz CT molecular complexity index is 2600. The number of aromatic nitrogens is 5. The predicted octanol–water partition coefficient (Wildman–Crippen LogP) is 9.48. The third kappa shape index (κ3) is 11.5. The van der Waals surface area contributed by atoms with E-state index in [-0.39, 0.29) is 12.1 Å². The van der Waals surface area contributed by atoms with Crippen LogP contribution in [0.15, 0.2) is 153 Å². The summed E-state index contributed by atoms with van der Waals surface area (Å²) in [6, 6.07) is 34.3. The molecule has 10 heteroatoms. The second-order valence-electron chi connectivity index (χ2n) is 13.8. The Kier molecular flexibility index (Phi) is 13.6. The molecule has 8 rings (SSSR count). The lowest BCUT2D eigenvalue weighted by Crippen LogP contribution is -2.30. The molecule has 0 saturated heterocycles. The third-order valence-electron chi connectivity index (χ3n) is 9.30. The minimum atomic E-state index is -0.165. The van der Waals surface area contributed by atoms with Gasteiger partial charge in [-0.2, -0.15) is 0 Å². The predicted molar refractivity (Wildman–Crippen MR) is 236 cm³/mol. The summed E-state index contributed by atoms with van der Waals surface area (Å²) in [5.74, 6) is 1.24. The molecule has 3 aromatic carbocycles. The minimum absolute atomic E-state index is 0.0906. The van der Waals surface area contributed by atoms with Gasteiger partial charge in [-0.15, -0.1) is 0 Å². The molecule has 0 aliphatic heterocycles. The van der Waals surface area contributed by atoms with Gasteiger partial charge in [-0.3, -0.25) is 15.0 Å². The second kappa shape index (κ2) is 20.0. The molecule has 5 heterocycles. The summed E-state index contributed by atoms with van der Waals surface area (Å²) in [5.41, 5.74) is 20.1. The molecular formula is C48H44ClN7O2. The maximum atomic E-state index is 6.31. The average molecular weight is 786 g/mol.